The number of carbonyl (C=O) groups is 1. The third kappa shape index (κ3) is 6.69. The van der Waals surface area contributed by atoms with Crippen molar-refractivity contribution in [2.75, 3.05) is 6.61 Å². The number of hydrogen-bond donors (Lipinski definition) is 1. The van der Waals surface area contributed by atoms with Gasteiger partial charge in [-0.25, -0.2) is 4.39 Å². The molecule has 0 unspecified atom stereocenters. The van der Waals surface area contributed by atoms with Crippen molar-refractivity contribution in [3.8, 4) is 17.6 Å². The van der Waals surface area contributed by atoms with Crippen molar-refractivity contribution in [3.63, 3.8) is 0 Å². The molecular weight excluding hydrogens is 499 g/mol. The second-order valence-electron chi connectivity index (χ2n) is 7.45. The molecule has 0 spiro atoms. The van der Waals surface area contributed by atoms with Crippen LogP contribution in [0.1, 0.15) is 36.6 Å². The van der Waals surface area contributed by atoms with Crippen molar-refractivity contribution >= 4 is 27.9 Å². The van der Waals surface area contributed by atoms with E-state index in [9.17, 15) is 14.4 Å². The van der Waals surface area contributed by atoms with Gasteiger partial charge in [0.25, 0.3) is 5.91 Å². The molecule has 0 fully saturated rings. The molecule has 0 aliphatic heterocycles. The number of hydrogen-bond acceptors (Lipinski definition) is 4. The molecule has 0 aliphatic rings. The van der Waals surface area contributed by atoms with Crippen molar-refractivity contribution in [2.45, 2.75) is 26.5 Å². The first-order valence-corrected chi connectivity index (χ1v) is 11.5. The highest BCUT2D eigenvalue weighted by Gasteiger charge is 2.16. The van der Waals surface area contributed by atoms with E-state index in [2.05, 4.69) is 21.2 Å². The summed E-state index contributed by atoms with van der Waals surface area (Å²) < 4.78 is 25.4. The van der Waals surface area contributed by atoms with E-state index in [1.165, 1.54) is 18.2 Å². The van der Waals surface area contributed by atoms with E-state index in [0.29, 0.717) is 28.1 Å². The SMILES string of the molecule is CCOc1cc(/C=C(/C#N)C(=O)N[C@H](C)c2ccccc2)cc(Br)c1OCc1ccc(F)cc1. The number of benzene rings is 3. The fraction of sp³-hybridized carbons (Fsp3) is 0.185. The zero-order valence-electron chi connectivity index (χ0n) is 18.8. The lowest BCUT2D eigenvalue weighted by Gasteiger charge is -2.15. The van der Waals surface area contributed by atoms with Crippen molar-refractivity contribution in [1.29, 1.82) is 5.26 Å². The first kappa shape index (κ1) is 25.0. The second-order valence-corrected chi connectivity index (χ2v) is 8.31. The molecule has 5 nitrogen and oxygen atoms in total. The minimum atomic E-state index is -0.468. The van der Waals surface area contributed by atoms with Gasteiger partial charge in [-0.1, -0.05) is 42.5 Å². The lowest BCUT2D eigenvalue weighted by molar-refractivity contribution is -0.117. The number of halogens is 2. The van der Waals surface area contributed by atoms with Gasteiger partial charge in [-0.2, -0.15) is 5.26 Å². The van der Waals surface area contributed by atoms with Crippen LogP contribution in [0.3, 0.4) is 0 Å². The number of nitriles is 1. The maximum absolute atomic E-state index is 13.1. The van der Waals surface area contributed by atoms with E-state index in [4.69, 9.17) is 9.47 Å². The predicted molar refractivity (Wildman–Crippen MR) is 133 cm³/mol. The third-order valence-electron chi connectivity index (χ3n) is 4.95. The van der Waals surface area contributed by atoms with Crippen molar-refractivity contribution in [3.05, 3.63) is 99.3 Å². The van der Waals surface area contributed by atoms with Crippen molar-refractivity contribution in [1.82, 2.24) is 5.32 Å². The highest BCUT2D eigenvalue weighted by Crippen LogP contribution is 2.38. The summed E-state index contributed by atoms with van der Waals surface area (Å²) in [6.45, 7) is 4.32. The van der Waals surface area contributed by atoms with Gasteiger partial charge >= 0.3 is 0 Å². The maximum atomic E-state index is 13.1. The van der Waals surface area contributed by atoms with Crippen LogP contribution in [0.15, 0.2) is 76.8 Å². The van der Waals surface area contributed by atoms with E-state index in [-0.39, 0.29) is 24.0 Å². The minimum Gasteiger partial charge on any atom is -0.490 e. The van der Waals surface area contributed by atoms with Gasteiger partial charge in [0, 0.05) is 0 Å². The van der Waals surface area contributed by atoms with Gasteiger partial charge in [-0.3, -0.25) is 4.79 Å². The summed E-state index contributed by atoms with van der Waals surface area (Å²) in [7, 11) is 0. The second kappa shape index (κ2) is 12.0. The molecule has 0 saturated carbocycles. The molecule has 7 heteroatoms. The Labute approximate surface area is 207 Å². The molecule has 1 N–H and O–H groups in total. The summed E-state index contributed by atoms with van der Waals surface area (Å²) >= 11 is 3.50. The van der Waals surface area contributed by atoms with E-state index >= 15 is 0 Å². The number of amides is 1. The number of carbonyl (C=O) groups excluding carboxylic acids is 1. The number of ether oxygens (including phenoxy) is 2. The quantitative estimate of drug-likeness (QED) is 0.262. The summed E-state index contributed by atoms with van der Waals surface area (Å²) in [5.41, 5.74) is 2.31. The molecule has 0 bridgehead atoms. The molecule has 1 amide bonds. The largest absolute Gasteiger partial charge is 0.490 e. The van der Waals surface area contributed by atoms with E-state index in [1.807, 2.05) is 50.2 Å². The molecule has 0 saturated heterocycles. The van der Waals surface area contributed by atoms with Crippen molar-refractivity contribution < 1.29 is 18.7 Å². The molecule has 0 aliphatic carbocycles. The first-order chi connectivity index (χ1) is 16.4. The van der Waals surface area contributed by atoms with Crippen LogP contribution in [0.4, 0.5) is 4.39 Å². The predicted octanol–water partition coefficient (Wildman–Crippen LogP) is 6.35. The Bertz CT molecular complexity index is 1210. The van der Waals surface area contributed by atoms with Crippen molar-refractivity contribution in [2.24, 2.45) is 0 Å². The van der Waals surface area contributed by atoms with E-state index in [0.717, 1.165) is 11.1 Å². The molecule has 3 aromatic carbocycles. The molecule has 3 rings (SSSR count). The summed E-state index contributed by atoms with van der Waals surface area (Å²) in [5, 5.41) is 12.4. The van der Waals surface area contributed by atoms with E-state index < -0.39 is 5.91 Å². The minimum absolute atomic E-state index is 0.0305. The average Bonchev–Trinajstić information content (AvgIpc) is 2.83. The molecule has 1 atom stereocenters. The van der Waals surface area contributed by atoms with Crippen LogP contribution in [0.2, 0.25) is 0 Å². The molecule has 34 heavy (non-hydrogen) atoms. The fourth-order valence-electron chi connectivity index (χ4n) is 3.23. The van der Waals surface area contributed by atoms with Gasteiger partial charge < -0.3 is 14.8 Å². The standard InChI is InChI=1S/C27H24BrFN2O3/c1-3-33-25-15-20(14-24(28)26(25)34-17-19-9-11-23(29)12-10-19)13-22(16-30)27(32)31-18(2)21-7-5-4-6-8-21/h4-15,18H,3,17H2,1-2H3,(H,31,32)/b22-13-/t18-/m1/s1. The van der Waals surface area contributed by atoms with Crippen LogP contribution in [0.25, 0.3) is 6.08 Å². The smallest absolute Gasteiger partial charge is 0.262 e. The molecule has 0 aromatic heterocycles. The van der Waals surface area contributed by atoms with E-state index in [1.54, 1.807) is 24.3 Å². The normalized spacial score (nSPS) is 11.9. The first-order valence-electron chi connectivity index (χ1n) is 10.7. The lowest BCUT2D eigenvalue weighted by Crippen LogP contribution is -2.27. The number of nitrogens with zero attached hydrogens (tertiary/aromatic N) is 1. The molecule has 3 aromatic rings. The van der Waals surface area contributed by atoms with Crippen LogP contribution in [0.5, 0.6) is 11.5 Å². The average molecular weight is 523 g/mol. The zero-order chi connectivity index (χ0) is 24.5. The van der Waals surface area contributed by atoms with Crippen LogP contribution in [-0.2, 0) is 11.4 Å². The summed E-state index contributed by atoms with van der Waals surface area (Å²) in [6, 6.07) is 20.7. The van der Waals surface area contributed by atoms with Gasteiger partial charge in [0.05, 0.1) is 17.1 Å². The number of rotatable bonds is 9. The van der Waals surface area contributed by atoms with Crippen LogP contribution < -0.4 is 14.8 Å². The third-order valence-corrected chi connectivity index (χ3v) is 5.54. The summed E-state index contributed by atoms with van der Waals surface area (Å²) in [6.07, 6.45) is 1.50. The van der Waals surface area contributed by atoms with Crippen LogP contribution in [-0.4, -0.2) is 12.5 Å². The Balaban J connectivity index is 1.81. The Morgan fingerprint density at radius 2 is 1.85 bits per heavy atom. The Hall–Kier alpha value is -3.63. The van der Waals surface area contributed by atoms with Gasteiger partial charge in [0.1, 0.15) is 24.1 Å². The van der Waals surface area contributed by atoms with Crippen LogP contribution in [0, 0.1) is 17.1 Å². The summed E-state index contributed by atoms with van der Waals surface area (Å²) in [5.74, 6) is 0.153. The number of nitrogens with one attached hydrogen (secondary N) is 1. The highest BCUT2D eigenvalue weighted by atomic mass is 79.9. The Morgan fingerprint density at radius 1 is 1.15 bits per heavy atom. The zero-order valence-corrected chi connectivity index (χ0v) is 20.4. The monoisotopic (exact) mass is 522 g/mol. The molecular formula is C27H24BrFN2O3. The molecule has 0 radical (unpaired) electrons. The Kier molecular flexibility index (Phi) is 8.83. The maximum Gasteiger partial charge on any atom is 0.262 e. The Morgan fingerprint density at radius 3 is 2.50 bits per heavy atom. The van der Waals surface area contributed by atoms with Gasteiger partial charge in [-0.05, 0) is 76.8 Å². The van der Waals surface area contributed by atoms with Gasteiger partial charge in [-0.15, -0.1) is 0 Å². The lowest BCUT2D eigenvalue weighted by atomic mass is 10.1. The fourth-order valence-corrected chi connectivity index (χ4v) is 3.80. The summed E-state index contributed by atoms with van der Waals surface area (Å²) in [4.78, 5) is 12.7. The van der Waals surface area contributed by atoms with Crippen LogP contribution >= 0.6 is 15.9 Å². The molecule has 0 heterocycles. The van der Waals surface area contributed by atoms with Gasteiger partial charge in [0.15, 0.2) is 11.5 Å². The molecule has 174 valence electrons. The topological polar surface area (TPSA) is 71.3 Å². The highest BCUT2D eigenvalue weighted by molar-refractivity contribution is 9.10. The van der Waals surface area contributed by atoms with Gasteiger partial charge in [0.2, 0.25) is 0 Å².